The number of carbonyl (C=O) groups excluding carboxylic acids is 2. The third-order valence-corrected chi connectivity index (χ3v) is 3.12. The summed E-state index contributed by atoms with van der Waals surface area (Å²) in [7, 11) is 1.69. The minimum atomic E-state index is -0.658. The zero-order valence-electron chi connectivity index (χ0n) is 11.4. The van der Waals surface area contributed by atoms with Gasteiger partial charge in [-0.25, -0.2) is 9.97 Å². The van der Waals surface area contributed by atoms with E-state index in [1.165, 1.54) is 12.4 Å². The first-order valence-corrected chi connectivity index (χ1v) is 6.40. The van der Waals surface area contributed by atoms with E-state index in [0.29, 0.717) is 18.9 Å². The molecule has 0 atom stereocenters. The molecule has 0 aliphatic carbocycles. The summed E-state index contributed by atoms with van der Waals surface area (Å²) in [6, 6.07) is 0. The van der Waals surface area contributed by atoms with E-state index in [-0.39, 0.29) is 18.1 Å². The maximum Gasteiger partial charge on any atom is 0.271 e. The minimum Gasteiger partial charge on any atom is -0.364 e. The Balaban J connectivity index is 2.06. The van der Waals surface area contributed by atoms with Gasteiger partial charge in [0.05, 0.1) is 6.54 Å². The van der Waals surface area contributed by atoms with Gasteiger partial charge in [-0.3, -0.25) is 9.59 Å². The van der Waals surface area contributed by atoms with E-state index in [2.05, 4.69) is 15.3 Å². The number of primary amides is 1. The van der Waals surface area contributed by atoms with Gasteiger partial charge in [0.25, 0.3) is 5.91 Å². The molecule has 3 N–H and O–H groups in total. The predicted octanol–water partition coefficient (Wildman–Crippen LogP) is -1.56. The van der Waals surface area contributed by atoms with E-state index in [1.807, 2.05) is 0 Å². The maximum atomic E-state index is 12.2. The molecular formula is C12H18N6O2. The lowest BCUT2D eigenvalue weighted by Crippen LogP contribution is -2.49. The first-order chi connectivity index (χ1) is 9.59. The van der Waals surface area contributed by atoms with Crippen molar-refractivity contribution in [3.63, 3.8) is 0 Å². The molecule has 20 heavy (non-hydrogen) atoms. The highest BCUT2D eigenvalue weighted by molar-refractivity contribution is 5.96. The number of carbonyl (C=O) groups is 2. The fourth-order valence-corrected chi connectivity index (χ4v) is 2.08. The van der Waals surface area contributed by atoms with Crippen LogP contribution in [0.5, 0.6) is 0 Å². The summed E-state index contributed by atoms with van der Waals surface area (Å²) >= 11 is 0. The van der Waals surface area contributed by atoms with Gasteiger partial charge in [-0.1, -0.05) is 0 Å². The molecule has 0 aromatic carbocycles. The number of hydrogen-bond donors (Lipinski definition) is 2. The zero-order chi connectivity index (χ0) is 14.5. The second-order valence-electron chi connectivity index (χ2n) is 4.58. The van der Waals surface area contributed by atoms with Crippen molar-refractivity contribution in [3.8, 4) is 0 Å². The standard InChI is InChI=1S/C12H18N6O2/c1-17(8-9(19)18-6-4-14-5-7-18)12-10(11(13)20)15-2-3-16-12/h2-3,14H,4-8H2,1H3,(H2,13,20). The quantitative estimate of drug-likeness (QED) is 0.690. The lowest BCUT2D eigenvalue weighted by Gasteiger charge is -2.29. The molecule has 108 valence electrons. The number of nitrogens with zero attached hydrogens (tertiary/aromatic N) is 4. The Morgan fingerprint density at radius 3 is 2.65 bits per heavy atom. The van der Waals surface area contributed by atoms with Crippen LogP contribution in [0.2, 0.25) is 0 Å². The molecule has 8 heteroatoms. The molecule has 8 nitrogen and oxygen atoms in total. The molecule has 0 bridgehead atoms. The largest absolute Gasteiger partial charge is 0.364 e. The summed E-state index contributed by atoms with van der Waals surface area (Å²) < 4.78 is 0. The Morgan fingerprint density at radius 1 is 1.35 bits per heavy atom. The molecule has 0 unspecified atom stereocenters. The van der Waals surface area contributed by atoms with Crippen LogP contribution in [0.15, 0.2) is 12.4 Å². The average Bonchev–Trinajstić information content (AvgIpc) is 2.48. The maximum absolute atomic E-state index is 12.2. The van der Waals surface area contributed by atoms with Crippen molar-refractivity contribution in [1.82, 2.24) is 20.2 Å². The van der Waals surface area contributed by atoms with Crippen LogP contribution in [-0.4, -0.2) is 66.5 Å². The van der Waals surface area contributed by atoms with Crippen molar-refractivity contribution in [3.05, 3.63) is 18.1 Å². The summed E-state index contributed by atoms with van der Waals surface area (Å²) in [5, 5.41) is 3.19. The molecule has 1 fully saturated rings. The summed E-state index contributed by atoms with van der Waals surface area (Å²) in [5.41, 5.74) is 5.33. The Kier molecular flexibility index (Phi) is 4.46. The Hall–Kier alpha value is -2.22. The number of piperazine rings is 1. The van der Waals surface area contributed by atoms with Gasteiger partial charge in [0.15, 0.2) is 11.5 Å². The number of nitrogens with one attached hydrogen (secondary N) is 1. The molecular weight excluding hydrogens is 260 g/mol. The average molecular weight is 278 g/mol. The molecule has 1 aromatic rings. The molecule has 0 saturated carbocycles. The third-order valence-electron chi connectivity index (χ3n) is 3.12. The van der Waals surface area contributed by atoms with E-state index in [9.17, 15) is 9.59 Å². The lowest BCUT2D eigenvalue weighted by atomic mass is 10.3. The summed E-state index contributed by atoms with van der Waals surface area (Å²) in [4.78, 5) is 34.8. The highest BCUT2D eigenvalue weighted by Gasteiger charge is 2.21. The molecule has 0 spiro atoms. The van der Waals surface area contributed by atoms with E-state index in [4.69, 9.17) is 5.73 Å². The van der Waals surface area contributed by atoms with E-state index in [0.717, 1.165) is 13.1 Å². The Bertz CT molecular complexity index is 500. The van der Waals surface area contributed by atoms with Crippen LogP contribution in [-0.2, 0) is 4.79 Å². The third kappa shape index (κ3) is 3.21. The smallest absolute Gasteiger partial charge is 0.271 e. The fraction of sp³-hybridized carbons (Fsp3) is 0.500. The van der Waals surface area contributed by atoms with Crippen LogP contribution >= 0.6 is 0 Å². The van der Waals surface area contributed by atoms with Crippen LogP contribution in [0, 0.1) is 0 Å². The van der Waals surface area contributed by atoms with Gasteiger partial charge in [0.2, 0.25) is 5.91 Å². The summed E-state index contributed by atoms with van der Waals surface area (Å²) in [6.07, 6.45) is 2.86. The molecule has 1 saturated heterocycles. The zero-order valence-corrected chi connectivity index (χ0v) is 11.4. The molecule has 1 aliphatic rings. The topological polar surface area (TPSA) is 104 Å². The van der Waals surface area contributed by atoms with Gasteiger partial charge >= 0.3 is 0 Å². The molecule has 0 radical (unpaired) electrons. The predicted molar refractivity (Wildman–Crippen MR) is 73.3 cm³/mol. The summed E-state index contributed by atoms with van der Waals surface area (Å²) in [5.74, 6) is -0.340. The number of rotatable bonds is 4. The van der Waals surface area contributed by atoms with Crippen molar-refractivity contribution < 1.29 is 9.59 Å². The van der Waals surface area contributed by atoms with Crippen LogP contribution in [0.25, 0.3) is 0 Å². The van der Waals surface area contributed by atoms with Crippen LogP contribution in [0.3, 0.4) is 0 Å². The number of likely N-dealkylation sites (N-methyl/N-ethyl adjacent to an activating group) is 1. The van der Waals surface area contributed by atoms with Crippen molar-refractivity contribution >= 4 is 17.6 Å². The highest BCUT2D eigenvalue weighted by atomic mass is 16.2. The van der Waals surface area contributed by atoms with Gasteiger partial charge in [-0.15, -0.1) is 0 Å². The fourth-order valence-electron chi connectivity index (χ4n) is 2.08. The van der Waals surface area contributed by atoms with Crippen molar-refractivity contribution in [2.45, 2.75) is 0 Å². The summed E-state index contributed by atoms with van der Waals surface area (Å²) in [6.45, 7) is 3.12. The molecule has 2 rings (SSSR count). The monoisotopic (exact) mass is 278 g/mol. The lowest BCUT2D eigenvalue weighted by molar-refractivity contribution is -0.130. The van der Waals surface area contributed by atoms with Gasteiger partial charge in [0, 0.05) is 45.6 Å². The normalized spacial score (nSPS) is 14.9. The number of nitrogens with two attached hydrogens (primary N) is 1. The number of anilines is 1. The van der Waals surface area contributed by atoms with E-state index >= 15 is 0 Å². The Labute approximate surface area is 117 Å². The van der Waals surface area contributed by atoms with Crippen molar-refractivity contribution in [2.24, 2.45) is 5.73 Å². The van der Waals surface area contributed by atoms with Crippen LogP contribution < -0.4 is 16.0 Å². The van der Waals surface area contributed by atoms with E-state index in [1.54, 1.807) is 16.8 Å². The van der Waals surface area contributed by atoms with E-state index < -0.39 is 5.91 Å². The first kappa shape index (κ1) is 14.2. The molecule has 2 amide bonds. The van der Waals surface area contributed by atoms with Gasteiger partial charge in [-0.2, -0.15) is 0 Å². The second kappa shape index (κ2) is 6.29. The van der Waals surface area contributed by atoms with Gasteiger partial charge < -0.3 is 20.9 Å². The first-order valence-electron chi connectivity index (χ1n) is 6.40. The number of aromatic nitrogens is 2. The Morgan fingerprint density at radius 2 is 2.00 bits per heavy atom. The minimum absolute atomic E-state index is 0.00456. The second-order valence-corrected chi connectivity index (χ2v) is 4.58. The van der Waals surface area contributed by atoms with Crippen LogP contribution in [0.1, 0.15) is 10.5 Å². The highest BCUT2D eigenvalue weighted by Crippen LogP contribution is 2.12. The SMILES string of the molecule is CN(CC(=O)N1CCNCC1)c1nccnc1C(N)=O. The van der Waals surface area contributed by atoms with Crippen molar-refractivity contribution in [1.29, 1.82) is 0 Å². The molecule has 2 heterocycles. The molecule has 1 aromatic heterocycles. The number of hydrogen-bond acceptors (Lipinski definition) is 6. The van der Waals surface area contributed by atoms with Crippen LogP contribution in [0.4, 0.5) is 5.82 Å². The molecule has 1 aliphatic heterocycles. The van der Waals surface area contributed by atoms with Crippen molar-refractivity contribution in [2.75, 3.05) is 44.7 Å². The number of amides is 2. The van der Waals surface area contributed by atoms with Gasteiger partial charge in [-0.05, 0) is 0 Å². The van der Waals surface area contributed by atoms with Gasteiger partial charge in [0.1, 0.15) is 0 Å².